The van der Waals surface area contributed by atoms with Crippen LogP contribution in [0.4, 0.5) is 0 Å². The van der Waals surface area contributed by atoms with E-state index in [0.29, 0.717) is 6.04 Å². The minimum absolute atomic E-state index is 0.666. The second kappa shape index (κ2) is 8.10. The SMILES string of the molecule is CCC(C)NCCN(CC(C)C)C1CCCC1. The first-order valence-corrected chi connectivity index (χ1v) is 7.61. The molecule has 1 N–H and O–H groups in total. The van der Waals surface area contributed by atoms with E-state index < -0.39 is 0 Å². The molecule has 1 saturated carbocycles. The molecular weight excluding hydrogens is 208 g/mol. The van der Waals surface area contributed by atoms with Crippen LogP contribution in [-0.4, -0.2) is 36.6 Å². The molecule has 1 fully saturated rings. The summed E-state index contributed by atoms with van der Waals surface area (Å²) in [6.07, 6.45) is 6.97. The standard InChI is InChI=1S/C15H32N2/c1-5-14(4)16-10-11-17(12-13(2)3)15-8-6-7-9-15/h13-16H,5-12H2,1-4H3. The van der Waals surface area contributed by atoms with Gasteiger partial charge < -0.3 is 5.32 Å². The predicted molar refractivity (Wildman–Crippen MR) is 76.4 cm³/mol. The summed E-state index contributed by atoms with van der Waals surface area (Å²) in [6, 6.07) is 1.54. The van der Waals surface area contributed by atoms with Crippen LogP contribution in [0.15, 0.2) is 0 Å². The third-order valence-electron chi connectivity index (χ3n) is 3.94. The van der Waals surface area contributed by atoms with Crippen LogP contribution in [0.1, 0.15) is 59.8 Å². The molecule has 1 atom stereocenters. The van der Waals surface area contributed by atoms with Crippen LogP contribution in [0.2, 0.25) is 0 Å². The fraction of sp³-hybridized carbons (Fsp3) is 1.00. The van der Waals surface area contributed by atoms with Crippen molar-refractivity contribution < 1.29 is 0 Å². The summed E-state index contributed by atoms with van der Waals surface area (Å²) in [6.45, 7) is 12.9. The van der Waals surface area contributed by atoms with Gasteiger partial charge in [0.15, 0.2) is 0 Å². The average Bonchev–Trinajstić information content (AvgIpc) is 2.80. The zero-order chi connectivity index (χ0) is 12.7. The lowest BCUT2D eigenvalue weighted by Crippen LogP contribution is -2.42. The first kappa shape index (κ1) is 15.0. The second-order valence-corrected chi connectivity index (χ2v) is 6.09. The summed E-state index contributed by atoms with van der Waals surface area (Å²) >= 11 is 0. The number of nitrogens with zero attached hydrogens (tertiary/aromatic N) is 1. The first-order chi connectivity index (χ1) is 8.13. The van der Waals surface area contributed by atoms with Crippen molar-refractivity contribution in [3.05, 3.63) is 0 Å². The molecule has 0 spiro atoms. The third kappa shape index (κ3) is 5.87. The van der Waals surface area contributed by atoms with E-state index in [-0.39, 0.29) is 0 Å². The van der Waals surface area contributed by atoms with E-state index in [4.69, 9.17) is 0 Å². The van der Waals surface area contributed by atoms with Gasteiger partial charge in [0.25, 0.3) is 0 Å². The lowest BCUT2D eigenvalue weighted by Gasteiger charge is -2.31. The fourth-order valence-corrected chi connectivity index (χ4v) is 2.76. The molecule has 102 valence electrons. The van der Waals surface area contributed by atoms with Gasteiger partial charge in [0.2, 0.25) is 0 Å². The molecule has 2 nitrogen and oxygen atoms in total. The molecule has 17 heavy (non-hydrogen) atoms. The lowest BCUT2D eigenvalue weighted by atomic mass is 10.1. The molecule has 0 aromatic carbocycles. The molecule has 1 unspecified atom stereocenters. The van der Waals surface area contributed by atoms with Gasteiger partial charge in [-0.2, -0.15) is 0 Å². The number of nitrogens with one attached hydrogen (secondary N) is 1. The van der Waals surface area contributed by atoms with E-state index in [1.807, 2.05) is 0 Å². The second-order valence-electron chi connectivity index (χ2n) is 6.09. The van der Waals surface area contributed by atoms with Crippen LogP contribution < -0.4 is 5.32 Å². The molecular formula is C15H32N2. The van der Waals surface area contributed by atoms with E-state index >= 15 is 0 Å². The Bertz CT molecular complexity index is 185. The zero-order valence-electron chi connectivity index (χ0n) is 12.3. The quantitative estimate of drug-likeness (QED) is 0.700. The maximum Gasteiger partial charge on any atom is 0.0110 e. The Morgan fingerprint density at radius 3 is 2.35 bits per heavy atom. The van der Waals surface area contributed by atoms with Gasteiger partial charge in [0, 0.05) is 31.7 Å². The van der Waals surface area contributed by atoms with Crippen LogP contribution in [0.3, 0.4) is 0 Å². The third-order valence-corrected chi connectivity index (χ3v) is 3.94. The van der Waals surface area contributed by atoms with Crippen LogP contribution >= 0.6 is 0 Å². The highest BCUT2D eigenvalue weighted by Crippen LogP contribution is 2.23. The van der Waals surface area contributed by atoms with Gasteiger partial charge in [-0.25, -0.2) is 0 Å². The Hall–Kier alpha value is -0.0800. The van der Waals surface area contributed by atoms with E-state index in [2.05, 4.69) is 37.9 Å². The van der Waals surface area contributed by atoms with Crippen LogP contribution in [0, 0.1) is 5.92 Å². The summed E-state index contributed by atoms with van der Waals surface area (Å²) in [5.41, 5.74) is 0. The van der Waals surface area contributed by atoms with E-state index in [9.17, 15) is 0 Å². The summed E-state index contributed by atoms with van der Waals surface area (Å²) in [4.78, 5) is 2.73. The molecule has 0 bridgehead atoms. The van der Waals surface area contributed by atoms with Gasteiger partial charge in [-0.05, 0) is 32.1 Å². The van der Waals surface area contributed by atoms with Crippen molar-refractivity contribution in [1.82, 2.24) is 10.2 Å². The fourth-order valence-electron chi connectivity index (χ4n) is 2.76. The molecule has 1 aliphatic rings. The number of hydrogen-bond acceptors (Lipinski definition) is 2. The molecule has 0 saturated heterocycles. The molecule has 0 aliphatic heterocycles. The molecule has 0 aromatic rings. The minimum Gasteiger partial charge on any atom is -0.313 e. The Morgan fingerprint density at radius 1 is 1.18 bits per heavy atom. The maximum atomic E-state index is 3.62. The van der Waals surface area contributed by atoms with Crippen molar-refractivity contribution in [3.8, 4) is 0 Å². The monoisotopic (exact) mass is 240 g/mol. The van der Waals surface area contributed by atoms with Gasteiger partial charge in [0.1, 0.15) is 0 Å². The van der Waals surface area contributed by atoms with E-state index in [1.165, 1.54) is 45.2 Å². The topological polar surface area (TPSA) is 15.3 Å². The van der Waals surface area contributed by atoms with Crippen molar-refractivity contribution in [2.45, 2.75) is 71.9 Å². The summed E-state index contributed by atoms with van der Waals surface area (Å²) in [7, 11) is 0. The Kier molecular flexibility index (Phi) is 7.14. The molecule has 1 rings (SSSR count). The largest absolute Gasteiger partial charge is 0.313 e. The molecule has 0 aromatic heterocycles. The van der Waals surface area contributed by atoms with Gasteiger partial charge in [-0.15, -0.1) is 0 Å². The molecule has 0 radical (unpaired) electrons. The number of rotatable bonds is 8. The summed E-state index contributed by atoms with van der Waals surface area (Å²) in [5, 5.41) is 3.62. The molecule has 0 heterocycles. The van der Waals surface area contributed by atoms with Gasteiger partial charge in [0.05, 0.1) is 0 Å². The first-order valence-electron chi connectivity index (χ1n) is 7.61. The van der Waals surface area contributed by atoms with Crippen LogP contribution in [0.25, 0.3) is 0 Å². The van der Waals surface area contributed by atoms with Gasteiger partial charge in [-0.3, -0.25) is 4.90 Å². The van der Waals surface area contributed by atoms with Crippen LogP contribution in [-0.2, 0) is 0 Å². The van der Waals surface area contributed by atoms with Crippen molar-refractivity contribution in [2.24, 2.45) is 5.92 Å². The van der Waals surface area contributed by atoms with Gasteiger partial charge in [-0.1, -0.05) is 33.6 Å². The molecule has 2 heteroatoms. The van der Waals surface area contributed by atoms with Crippen molar-refractivity contribution in [1.29, 1.82) is 0 Å². The van der Waals surface area contributed by atoms with E-state index in [1.54, 1.807) is 0 Å². The molecule has 1 aliphatic carbocycles. The Balaban J connectivity index is 2.29. The summed E-state index contributed by atoms with van der Waals surface area (Å²) < 4.78 is 0. The predicted octanol–water partition coefficient (Wildman–Crippen LogP) is 3.28. The maximum absolute atomic E-state index is 3.62. The highest BCUT2D eigenvalue weighted by Gasteiger charge is 2.22. The van der Waals surface area contributed by atoms with Crippen molar-refractivity contribution in [3.63, 3.8) is 0 Å². The van der Waals surface area contributed by atoms with Gasteiger partial charge >= 0.3 is 0 Å². The highest BCUT2D eigenvalue weighted by atomic mass is 15.2. The lowest BCUT2D eigenvalue weighted by molar-refractivity contribution is 0.176. The Morgan fingerprint density at radius 2 is 1.82 bits per heavy atom. The smallest absolute Gasteiger partial charge is 0.0110 e. The number of hydrogen-bond donors (Lipinski definition) is 1. The van der Waals surface area contributed by atoms with E-state index in [0.717, 1.165) is 18.5 Å². The average molecular weight is 240 g/mol. The van der Waals surface area contributed by atoms with Crippen LogP contribution in [0.5, 0.6) is 0 Å². The zero-order valence-corrected chi connectivity index (χ0v) is 12.3. The normalized spacial score (nSPS) is 19.4. The molecule has 0 amide bonds. The summed E-state index contributed by atoms with van der Waals surface area (Å²) in [5.74, 6) is 0.791. The van der Waals surface area contributed by atoms with Crippen molar-refractivity contribution in [2.75, 3.05) is 19.6 Å². The minimum atomic E-state index is 0.666. The Labute approximate surface area is 108 Å². The van der Waals surface area contributed by atoms with Crippen molar-refractivity contribution >= 4 is 0 Å². The highest BCUT2D eigenvalue weighted by molar-refractivity contribution is 4.78.